The van der Waals surface area contributed by atoms with Crippen LogP contribution in [0.5, 0.6) is 0 Å². The van der Waals surface area contributed by atoms with Crippen LogP contribution in [0.4, 0.5) is 0 Å². The van der Waals surface area contributed by atoms with Gasteiger partial charge in [-0.15, -0.1) is 0 Å². The van der Waals surface area contributed by atoms with E-state index in [1.807, 2.05) is 50.3 Å². The molecule has 2 rings (SSSR count). The average molecular weight is 747 g/mol. The van der Waals surface area contributed by atoms with E-state index in [9.17, 15) is 9.59 Å². The van der Waals surface area contributed by atoms with Gasteiger partial charge in [0.15, 0.2) is 19.7 Å². The highest BCUT2D eigenvalue weighted by Crippen LogP contribution is 2.43. The Hall–Kier alpha value is -2.04. The average Bonchev–Trinajstić information content (AvgIpc) is 3.56. The molecule has 2 atom stereocenters. The molecule has 0 N–H and O–H groups in total. The van der Waals surface area contributed by atoms with Crippen molar-refractivity contribution >= 4 is 20.3 Å². The van der Waals surface area contributed by atoms with E-state index in [-0.39, 0.29) is 18.1 Å². The topological polar surface area (TPSA) is 89.5 Å². The summed E-state index contributed by atoms with van der Waals surface area (Å²) in [6, 6.07) is 9.93. The fourth-order valence-electron chi connectivity index (χ4n) is 6.47. The molecular formula is C43H74O8Si. The minimum Gasteiger partial charge on any atom is -0.469 e. The molecule has 1 aromatic rings. The summed E-state index contributed by atoms with van der Waals surface area (Å²) in [5.74, 6) is -2.06. The van der Waals surface area contributed by atoms with E-state index in [1.165, 1.54) is 45.6 Å². The van der Waals surface area contributed by atoms with Crippen LogP contribution in [-0.4, -0.2) is 64.7 Å². The molecule has 0 radical (unpaired) electrons. The Labute approximate surface area is 318 Å². The van der Waals surface area contributed by atoms with Gasteiger partial charge in [0.25, 0.3) is 0 Å². The molecule has 1 aliphatic rings. The van der Waals surface area contributed by atoms with Crippen LogP contribution >= 0.6 is 0 Å². The largest absolute Gasteiger partial charge is 0.469 e. The molecular weight excluding hydrogens is 673 g/mol. The van der Waals surface area contributed by atoms with Gasteiger partial charge < -0.3 is 28.1 Å². The second-order valence-electron chi connectivity index (χ2n) is 16.4. The first-order valence-corrected chi connectivity index (χ1v) is 23.2. The van der Waals surface area contributed by atoms with Crippen molar-refractivity contribution in [1.29, 1.82) is 0 Å². The molecule has 0 unspecified atom stereocenters. The number of unbranched alkanes of at least 4 members (excludes halogenated alkanes) is 10. The van der Waals surface area contributed by atoms with Gasteiger partial charge in [0, 0.05) is 18.8 Å². The molecule has 1 fully saturated rings. The van der Waals surface area contributed by atoms with Crippen molar-refractivity contribution in [2.24, 2.45) is 5.92 Å². The zero-order valence-electron chi connectivity index (χ0n) is 34.4. The van der Waals surface area contributed by atoms with Gasteiger partial charge >= 0.3 is 11.9 Å². The highest BCUT2D eigenvalue weighted by atomic mass is 28.4. The van der Waals surface area contributed by atoms with Gasteiger partial charge in [-0.1, -0.05) is 122 Å². The fourth-order valence-corrected chi connectivity index (χ4v) is 8.00. The lowest BCUT2D eigenvalue weighted by molar-refractivity contribution is -0.179. The van der Waals surface area contributed by atoms with Crippen molar-refractivity contribution in [2.45, 2.75) is 180 Å². The quantitative estimate of drug-likeness (QED) is 0.0380. The first-order chi connectivity index (χ1) is 24.7. The number of carbonyl (C=O) groups is 2. The van der Waals surface area contributed by atoms with Gasteiger partial charge in [-0.2, -0.15) is 0 Å². The summed E-state index contributed by atoms with van der Waals surface area (Å²) in [4.78, 5) is 27.3. The molecule has 9 heteroatoms. The Morgan fingerprint density at radius 3 is 2.02 bits per heavy atom. The molecule has 1 saturated heterocycles. The molecule has 0 spiro atoms. The Balaban J connectivity index is 2.15. The minimum atomic E-state index is -2.62. The van der Waals surface area contributed by atoms with Crippen molar-refractivity contribution in [3.05, 3.63) is 48.0 Å². The van der Waals surface area contributed by atoms with Crippen LogP contribution in [0.25, 0.3) is 0 Å². The molecule has 8 nitrogen and oxygen atoms in total. The Morgan fingerprint density at radius 2 is 1.46 bits per heavy atom. The second kappa shape index (κ2) is 23.7. The van der Waals surface area contributed by atoms with Crippen LogP contribution in [0.3, 0.4) is 0 Å². The molecule has 0 saturated carbocycles. The highest BCUT2D eigenvalue weighted by Gasteiger charge is 2.55. The van der Waals surface area contributed by atoms with E-state index in [4.69, 9.17) is 28.1 Å². The first kappa shape index (κ1) is 46.1. The number of benzene rings is 1. The molecule has 0 amide bonds. The predicted molar refractivity (Wildman–Crippen MR) is 213 cm³/mol. The lowest BCUT2D eigenvalue weighted by atomic mass is 9.84. The number of hydrogen-bond acceptors (Lipinski definition) is 8. The third-order valence-electron chi connectivity index (χ3n) is 10.6. The summed E-state index contributed by atoms with van der Waals surface area (Å²) in [7, 11) is -1.28. The van der Waals surface area contributed by atoms with Crippen LogP contribution < -0.4 is 0 Å². The summed E-state index contributed by atoms with van der Waals surface area (Å²) in [5.41, 5.74) is -0.588. The molecule has 1 heterocycles. The summed E-state index contributed by atoms with van der Waals surface area (Å²) >= 11 is 0. The maximum Gasteiger partial charge on any atom is 0.338 e. The third-order valence-corrected chi connectivity index (χ3v) is 15.1. The standard InChI is InChI=1S/C43H74O8Si/c1-10-11-12-13-15-18-24-29-42(48-31-32-49-42)30-25-19-16-14-17-23-28-38(35-47-34-37-26-21-20-22-27-37)43(33-39(44)46-7,40(45)50-36(2)3)51-52(8,9)41(4,5)6/h20-23,26-28,36,38H,10-19,24-25,29-35H2,1-9H3/b28-23+/t38-,43+/m0/s1. The number of hydrogen-bond donors (Lipinski definition) is 0. The summed E-state index contributed by atoms with van der Waals surface area (Å²) in [5, 5.41) is -0.229. The van der Waals surface area contributed by atoms with Gasteiger partial charge in [-0.25, -0.2) is 4.79 Å². The zero-order chi connectivity index (χ0) is 38.5. The summed E-state index contributed by atoms with van der Waals surface area (Å²) in [6.07, 6.45) is 19.5. The molecule has 1 aromatic carbocycles. The first-order valence-electron chi connectivity index (χ1n) is 20.2. The van der Waals surface area contributed by atoms with Gasteiger partial charge in [0.2, 0.25) is 0 Å². The lowest BCUT2D eigenvalue weighted by Crippen LogP contribution is -2.59. The van der Waals surface area contributed by atoms with Gasteiger partial charge in [-0.05, 0) is 63.2 Å². The van der Waals surface area contributed by atoms with Crippen molar-refractivity contribution in [2.75, 3.05) is 26.9 Å². The van der Waals surface area contributed by atoms with Crippen molar-refractivity contribution in [3.8, 4) is 0 Å². The van der Waals surface area contributed by atoms with Crippen LogP contribution in [0.15, 0.2) is 42.5 Å². The summed E-state index contributed by atoms with van der Waals surface area (Å²) in [6.45, 7) is 18.4. The van der Waals surface area contributed by atoms with E-state index in [0.717, 1.165) is 56.9 Å². The van der Waals surface area contributed by atoms with E-state index >= 15 is 0 Å². The molecule has 0 aromatic heterocycles. The second-order valence-corrected chi connectivity index (χ2v) is 21.2. The van der Waals surface area contributed by atoms with Crippen LogP contribution in [0, 0.1) is 5.92 Å². The monoisotopic (exact) mass is 747 g/mol. The molecule has 298 valence electrons. The molecule has 0 aliphatic carbocycles. The van der Waals surface area contributed by atoms with Crippen molar-refractivity contribution < 1.29 is 37.7 Å². The third kappa shape index (κ3) is 16.1. The molecule has 52 heavy (non-hydrogen) atoms. The Kier molecular flexibility index (Phi) is 21.0. The maximum absolute atomic E-state index is 14.2. The van der Waals surface area contributed by atoms with Crippen LogP contribution in [0.2, 0.25) is 18.1 Å². The van der Waals surface area contributed by atoms with E-state index < -0.39 is 43.7 Å². The zero-order valence-corrected chi connectivity index (χ0v) is 35.4. The molecule has 1 aliphatic heterocycles. The van der Waals surface area contributed by atoms with Crippen molar-refractivity contribution in [3.63, 3.8) is 0 Å². The number of carbonyl (C=O) groups excluding carboxylic acids is 2. The SMILES string of the molecule is CCCCCCCCCC1(CCCCCC/C=C/[C@@H](COCc2ccccc2)[C@@](CC(=O)OC)(O[Si](C)(C)C(C)(C)C)C(=O)OC(C)C)OCCO1. The van der Waals surface area contributed by atoms with E-state index in [2.05, 4.69) is 46.9 Å². The van der Waals surface area contributed by atoms with E-state index in [0.29, 0.717) is 19.8 Å². The Bertz CT molecular complexity index is 1160. The normalized spacial score (nSPS) is 16.7. The minimum absolute atomic E-state index is 0.172. The van der Waals surface area contributed by atoms with Crippen LogP contribution in [0.1, 0.15) is 143 Å². The molecule has 0 bridgehead atoms. The maximum atomic E-state index is 14.2. The van der Waals surface area contributed by atoms with Gasteiger partial charge in [0.05, 0.1) is 46.1 Å². The highest BCUT2D eigenvalue weighted by molar-refractivity contribution is 6.74. The number of esters is 2. The number of methoxy groups -OCH3 is 1. The predicted octanol–water partition coefficient (Wildman–Crippen LogP) is 10.9. The lowest BCUT2D eigenvalue weighted by Gasteiger charge is -2.46. The fraction of sp³-hybridized carbons (Fsp3) is 0.767. The van der Waals surface area contributed by atoms with Gasteiger partial charge in [0.1, 0.15) is 0 Å². The number of ether oxygens (including phenoxy) is 5. The smallest absolute Gasteiger partial charge is 0.338 e. The Morgan fingerprint density at radius 1 is 0.885 bits per heavy atom. The van der Waals surface area contributed by atoms with Crippen molar-refractivity contribution in [1.82, 2.24) is 0 Å². The van der Waals surface area contributed by atoms with Gasteiger partial charge in [-0.3, -0.25) is 4.79 Å². The number of rotatable bonds is 27. The van der Waals surface area contributed by atoms with E-state index in [1.54, 1.807) is 0 Å². The summed E-state index contributed by atoms with van der Waals surface area (Å²) < 4.78 is 36.7. The van der Waals surface area contributed by atoms with Crippen LogP contribution in [-0.2, 0) is 44.3 Å². The number of allylic oxidation sites excluding steroid dienone is 1.